The van der Waals surface area contributed by atoms with Crippen LogP contribution in [0.2, 0.25) is 5.02 Å². The maximum Gasteiger partial charge on any atom is 0.128 e. The fraction of sp³-hybridized carbons (Fsp3) is 0.647. The molecule has 1 rings (SSSR count). The maximum absolute atomic E-state index is 14.2. The van der Waals surface area contributed by atoms with Crippen molar-refractivity contribution in [2.45, 2.75) is 46.5 Å². The number of rotatable bonds is 8. The molecule has 0 spiro atoms. The Balaban J connectivity index is 2.91. The molecule has 0 heterocycles. The number of nitrogens with one attached hydrogen (secondary N) is 1. The fourth-order valence-corrected chi connectivity index (χ4v) is 2.94. The molecule has 0 radical (unpaired) electrons. The highest BCUT2D eigenvalue weighted by molar-refractivity contribution is 6.31. The van der Waals surface area contributed by atoms with Crippen molar-refractivity contribution in [1.29, 1.82) is 0 Å². The summed E-state index contributed by atoms with van der Waals surface area (Å²) in [6.07, 6.45) is 2.19. The third-order valence-electron chi connectivity index (χ3n) is 3.72. The average molecular weight is 300 g/mol. The largest absolute Gasteiger partial charge is 0.316 e. The Bertz CT molecular complexity index is 386. The van der Waals surface area contributed by atoms with Crippen LogP contribution in [0.5, 0.6) is 0 Å². The van der Waals surface area contributed by atoms with E-state index in [1.165, 1.54) is 6.07 Å². The van der Waals surface area contributed by atoms with Crippen LogP contribution < -0.4 is 5.32 Å². The summed E-state index contributed by atoms with van der Waals surface area (Å²) in [5.74, 6) is 0.946. The zero-order valence-electron chi connectivity index (χ0n) is 13.0. The van der Waals surface area contributed by atoms with Gasteiger partial charge in [0, 0.05) is 23.0 Å². The minimum Gasteiger partial charge on any atom is -0.316 e. The molecule has 1 aromatic carbocycles. The lowest BCUT2D eigenvalue weighted by Crippen LogP contribution is -2.29. The summed E-state index contributed by atoms with van der Waals surface area (Å²) in [5, 5.41) is 4.00. The summed E-state index contributed by atoms with van der Waals surface area (Å²) in [5.41, 5.74) is 0.673. The van der Waals surface area contributed by atoms with Gasteiger partial charge in [0.1, 0.15) is 5.82 Å². The Kier molecular flexibility index (Phi) is 7.53. The van der Waals surface area contributed by atoms with Crippen LogP contribution in [-0.2, 0) is 0 Å². The topological polar surface area (TPSA) is 12.0 Å². The van der Waals surface area contributed by atoms with E-state index < -0.39 is 0 Å². The van der Waals surface area contributed by atoms with E-state index in [0.29, 0.717) is 22.4 Å². The lowest BCUT2D eigenvalue weighted by molar-refractivity contribution is 0.384. The minimum absolute atomic E-state index is 0.127. The Morgan fingerprint density at radius 3 is 2.45 bits per heavy atom. The first-order valence-electron chi connectivity index (χ1n) is 7.61. The molecule has 20 heavy (non-hydrogen) atoms. The molecule has 0 aliphatic rings. The van der Waals surface area contributed by atoms with Crippen LogP contribution in [0.1, 0.15) is 52.0 Å². The van der Waals surface area contributed by atoms with Gasteiger partial charge in [-0.15, -0.1) is 0 Å². The maximum atomic E-state index is 14.2. The second-order valence-corrected chi connectivity index (χ2v) is 6.47. The van der Waals surface area contributed by atoms with Crippen LogP contribution in [0.15, 0.2) is 18.2 Å². The summed E-state index contributed by atoms with van der Waals surface area (Å²) in [7, 11) is 0. The number of hydrogen-bond acceptors (Lipinski definition) is 1. The molecule has 0 aromatic heterocycles. The quantitative estimate of drug-likeness (QED) is 0.692. The second-order valence-electron chi connectivity index (χ2n) is 6.06. The lowest BCUT2D eigenvalue weighted by Gasteiger charge is -2.26. The first-order valence-corrected chi connectivity index (χ1v) is 7.99. The number of halogens is 2. The normalized spacial score (nSPS) is 14.6. The molecule has 3 heteroatoms. The third kappa shape index (κ3) is 5.06. The minimum atomic E-state index is -0.184. The molecule has 0 amide bonds. The molecule has 1 N–H and O–H groups in total. The van der Waals surface area contributed by atoms with E-state index in [2.05, 4.69) is 33.0 Å². The molecule has 0 saturated carbocycles. The fourth-order valence-electron chi connectivity index (χ4n) is 2.64. The van der Waals surface area contributed by atoms with Crippen LogP contribution in [0, 0.1) is 17.7 Å². The molecule has 1 nitrogen and oxygen atoms in total. The van der Waals surface area contributed by atoms with Gasteiger partial charge < -0.3 is 5.32 Å². The van der Waals surface area contributed by atoms with Crippen molar-refractivity contribution >= 4 is 11.6 Å². The van der Waals surface area contributed by atoms with Crippen molar-refractivity contribution < 1.29 is 4.39 Å². The summed E-state index contributed by atoms with van der Waals surface area (Å²) < 4.78 is 14.2. The zero-order chi connectivity index (χ0) is 15.1. The van der Waals surface area contributed by atoms with Gasteiger partial charge in [-0.05, 0) is 30.5 Å². The zero-order valence-corrected chi connectivity index (χ0v) is 13.8. The van der Waals surface area contributed by atoms with Crippen LogP contribution in [0.25, 0.3) is 0 Å². The molecule has 114 valence electrons. The van der Waals surface area contributed by atoms with Gasteiger partial charge in [-0.3, -0.25) is 0 Å². The molecule has 1 aromatic rings. The molecule has 0 saturated heterocycles. The SMILES string of the molecule is CCCC(C)C(CNCC(C)C)c1c(F)cccc1Cl. The van der Waals surface area contributed by atoms with Gasteiger partial charge in [0.2, 0.25) is 0 Å². The van der Waals surface area contributed by atoms with Crippen molar-refractivity contribution in [3.8, 4) is 0 Å². The Labute approximate surface area is 127 Å². The van der Waals surface area contributed by atoms with Gasteiger partial charge in [-0.25, -0.2) is 4.39 Å². The predicted molar refractivity (Wildman–Crippen MR) is 85.9 cm³/mol. The van der Waals surface area contributed by atoms with E-state index in [0.717, 1.165) is 25.9 Å². The van der Waals surface area contributed by atoms with Gasteiger partial charge in [-0.1, -0.05) is 58.2 Å². The monoisotopic (exact) mass is 299 g/mol. The van der Waals surface area contributed by atoms with Gasteiger partial charge in [-0.2, -0.15) is 0 Å². The van der Waals surface area contributed by atoms with Crippen LogP contribution >= 0.6 is 11.6 Å². The molecule has 2 unspecified atom stereocenters. The number of hydrogen-bond donors (Lipinski definition) is 1. The Morgan fingerprint density at radius 2 is 1.90 bits per heavy atom. The summed E-state index contributed by atoms with van der Waals surface area (Å²) in [6.45, 7) is 10.4. The standard InChI is InChI=1S/C17H27ClFN/c1-5-7-13(4)14(11-20-10-12(2)3)17-15(18)8-6-9-16(17)19/h6,8-9,12-14,20H,5,7,10-11H2,1-4H3. The van der Waals surface area contributed by atoms with Gasteiger partial charge in [0.15, 0.2) is 0 Å². The molecular formula is C17H27ClFN. The first-order chi connectivity index (χ1) is 9.47. The van der Waals surface area contributed by atoms with Gasteiger partial charge in [0.25, 0.3) is 0 Å². The van der Waals surface area contributed by atoms with E-state index in [-0.39, 0.29) is 11.7 Å². The molecule has 0 aliphatic carbocycles. The highest BCUT2D eigenvalue weighted by Gasteiger charge is 2.24. The van der Waals surface area contributed by atoms with E-state index in [1.54, 1.807) is 12.1 Å². The van der Waals surface area contributed by atoms with Crippen molar-refractivity contribution in [2.75, 3.05) is 13.1 Å². The second kappa shape index (κ2) is 8.63. The molecule has 2 atom stereocenters. The van der Waals surface area contributed by atoms with E-state index in [1.807, 2.05) is 0 Å². The number of benzene rings is 1. The average Bonchev–Trinajstić information content (AvgIpc) is 2.36. The molecule has 0 aliphatic heterocycles. The van der Waals surface area contributed by atoms with Crippen molar-refractivity contribution in [2.24, 2.45) is 11.8 Å². The highest BCUT2D eigenvalue weighted by atomic mass is 35.5. The van der Waals surface area contributed by atoms with Crippen molar-refractivity contribution in [3.63, 3.8) is 0 Å². The predicted octanol–water partition coefficient (Wildman–Crippen LogP) is 5.24. The summed E-state index contributed by atoms with van der Waals surface area (Å²) >= 11 is 6.24. The molecule has 0 bridgehead atoms. The molecule has 0 fully saturated rings. The smallest absolute Gasteiger partial charge is 0.128 e. The Morgan fingerprint density at radius 1 is 1.20 bits per heavy atom. The van der Waals surface area contributed by atoms with Crippen LogP contribution in [0.4, 0.5) is 4.39 Å². The van der Waals surface area contributed by atoms with E-state index in [4.69, 9.17) is 11.6 Å². The van der Waals surface area contributed by atoms with E-state index in [9.17, 15) is 4.39 Å². The van der Waals surface area contributed by atoms with E-state index >= 15 is 0 Å². The first kappa shape index (κ1) is 17.5. The van der Waals surface area contributed by atoms with Crippen molar-refractivity contribution in [3.05, 3.63) is 34.6 Å². The highest BCUT2D eigenvalue weighted by Crippen LogP contribution is 2.34. The third-order valence-corrected chi connectivity index (χ3v) is 4.05. The Hall–Kier alpha value is -0.600. The molecular weight excluding hydrogens is 273 g/mol. The van der Waals surface area contributed by atoms with Crippen LogP contribution in [0.3, 0.4) is 0 Å². The van der Waals surface area contributed by atoms with Crippen molar-refractivity contribution in [1.82, 2.24) is 5.32 Å². The van der Waals surface area contributed by atoms with Gasteiger partial charge in [0.05, 0.1) is 0 Å². The summed E-state index contributed by atoms with van der Waals surface area (Å²) in [6, 6.07) is 4.97. The summed E-state index contributed by atoms with van der Waals surface area (Å²) in [4.78, 5) is 0. The van der Waals surface area contributed by atoms with Gasteiger partial charge >= 0.3 is 0 Å². The van der Waals surface area contributed by atoms with Crippen LogP contribution in [-0.4, -0.2) is 13.1 Å². The lowest BCUT2D eigenvalue weighted by atomic mass is 9.84.